The van der Waals surface area contributed by atoms with Gasteiger partial charge in [-0.2, -0.15) is 0 Å². The molecule has 1 aliphatic carbocycles. The molecule has 0 saturated heterocycles. The van der Waals surface area contributed by atoms with Crippen LogP contribution in [0.2, 0.25) is 0 Å². The Balaban J connectivity index is 2.19. The van der Waals surface area contributed by atoms with Crippen molar-refractivity contribution in [1.82, 2.24) is 4.90 Å². The summed E-state index contributed by atoms with van der Waals surface area (Å²) in [6, 6.07) is 5.00. The molecule has 5 heteroatoms. The number of halogens is 1. The number of hydrogen-bond acceptors (Lipinski definition) is 3. The van der Waals surface area contributed by atoms with Crippen molar-refractivity contribution in [2.45, 2.75) is 38.3 Å². The van der Waals surface area contributed by atoms with Gasteiger partial charge in [-0.05, 0) is 37.6 Å². The molecule has 0 heterocycles. The first-order valence-corrected chi connectivity index (χ1v) is 6.58. The van der Waals surface area contributed by atoms with Gasteiger partial charge >= 0.3 is 0 Å². The monoisotopic (exact) mass is 265 g/mol. The van der Waals surface area contributed by atoms with Gasteiger partial charge in [-0.3, -0.25) is 4.90 Å². The molecule has 0 spiro atoms. The fourth-order valence-corrected chi connectivity index (χ4v) is 2.72. The highest BCUT2D eigenvalue weighted by Gasteiger charge is 2.20. The lowest BCUT2D eigenvalue weighted by Crippen LogP contribution is -2.30. The zero-order valence-corrected chi connectivity index (χ0v) is 11.1. The van der Waals surface area contributed by atoms with Crippen LogP contribution < -0.4 is 5.73 Å². The van der Waals surface area contributed by atoms with E-state index in [0.29, 0.717) is 18.2 Å². The number of oxime groups is 1. The molecular weight excluding hydrogens is 245 g/mol. The second kappa shape index (κ2) is 6.02. The van der Waals surface area contributed by atoms with E-state index in [1.54, 1.807) is 6.07 Å². The highest BCUT2D eigenvalue weighted by molar-refractivity contribution is 5.98. The molecule has 0 aromatic heterocycles. The summed E-state index contributed by atoms with van der Waals surface area (Å²) in [5.74, 6) is -0.428. The smallest absolute Gasteiger partial charge is 0.170 e. The predicted octanol–water partition coefficient (Wildman–Crippen LogP) is 2.29. The zero-order valence-electron chi connectivity index (χ0n) is 11.1. The van der Waals surface area contributed by atoms with Crippen LogP contribution in [0.1, 0.15) is 36.8 Å². The van der Waals surface area contributed by atoms with Crippen LogP contribution in [0.25, 0.3) is 0 Å². The summed E-state index contributed by atoms with van der Waals surface area (Å²) in [5, 5.41) is 11.8. The maximum atomic E-state index is 13.3. The Kier molecular flexibility index (Phi) is 4.37. The predicted molar refractivity (Wildman–Crippen MR) is 72.6 cm³/mol. The van der Waals surface area contributed by atoms with E-state index >= 15 is 0 Å². The first-order chi connectivity index (χ1) is 9.11. The van der Waals surface area contributed by atoms with Crippen molar-refractivity contribution in [3.05, 3.63) is 35.1 Å². The van der Waals surface area contributed by atoms with E-state index in [-0.39, 0.29) is 11.7 Å². The molecule has 1 aromatic carbocycles. The normalized spacial score (nSPS) is 17.3. The van der Waals surface area contributed by atoms with Crippen molar-refractivity contribution in [2.75, 3.05) is 7.05 Å². The summed E-state index contributed by atoms with van der Waals surface area (Å²) >= 11 is 0. The molecule has 1 aromatic rings. The molecule has 0 unspecified atom stereocenters. The highest BCUT2D eigenvalue weighted by Crippen LogP contribution is 2.24. The molecule has 1 saturated carbocycles. The fraction of sp³-hybridized carbons (Fsp3) is 0.500. The Morgan fingerprint density at radius 1 is 1.47 bits per heavy atom. The van der Waals surface area contributed by atoms with Gasteiger partial charge in [0.1, 0.15) is 5.82 Å². The molecule has 1 aliphatic rings. The Labute approximate surface area is 112 Å². The summed E-state index contributed by atoms with van der Waals surface area (Å²) in [5.41, 5.74) is 6.95. The topological polar surface area (TPSA) is 61.8 Å². The molecule has 1 fully saturated rings. The van der Waals surface area contributed by atoms with Gasteiger partial charge in [0, 0.05) is 18.2 Å². The van der Waals surface area contributed by atoms with E-state index in [2.05, 4.69) is 17.1 Å². The Hall–Kier alpha value is -1.62. The van der Waals surface area contributed by atoms with E-state index in [9.17, 15) is 4.39 Å². The lowest BCUT2D eigenvalue weighted by Gasteiger charge is -2.25. The summed E-state index contributed by atoms with van der Waals surface area (Å²) in [7, 11) is 2.06. The number of nitrogens with zero attached hydrogens (tertiary/aromatic N) is 2. The van der Waals surface area contributed by atoms with Gasteiger partial charge in [-0.15, -0.1) is 0 Å². The molecule has 19 heavy (non-hydrogen) atoms. The second-order valence-electron chi connectivity index (χ2n) is 5.14. The molecular formula is C14H20FN3O. The maximum absolute atomic E-state index is 13.3. The molecule has 0 amide bonds. The summed E-state index contributed by atoms with van der Waals surface area (Å²) in [4.78, 5) is 2.26. The van der Waals surface area contributed by atoms with Crippen molar-refractivity contribution >= 4 is 5.84 Å². The largest absolute Gasteiger partial charge is 0.409 e. The number of hydrogen-bond donors (Lipinski definition) is 2. The Morgan fingerprint density at radius 3 is 2.79 bits per heavy atom. The molecule has 0 radical (unpaired) electrons. The van der Waals surface area contributed by atoms with Gasteiger partial charge in [0.15, 0.2) is 5.84 Å². The van der Waals surface area contributed by atoms with Crippen molar-refractivity contribution in [3.8, 4) is 0 Å². The summed E-state index contributed by atoms with van der Waals surface area (Å²) in [6.07, 6.45) is 4.95. The Morgan fingerprint density at radius 2 is 2.16 bits per heavy atom. The van der Waals surface area contributed by atoms with Gasteiger partial charge in [0.05, 0.1) is 0 Å². The third-order valence-corrected chi connectivity index (χ3v) is 3.82. The first-order valence-electron chi connectivity index (χ1n) is 6.58. The van der Waals surface area contributed by atoms with Crippen molar-refractivity contribution in [3.63, 3.8) is 0 Å². The summed E-state index contributed by atoms with van der Waals surface area (Å²) in [6.45, 7) is 0.677. The van der Waals surface area contributed by atoms with Crippen LogP contribution in [-0.2, 0) is 6.54 Å². The van der Waals surface area contributed by atoms with Crippen LogP contribution >= 0.6 is 0 Å². The lowest BCUT2D eigenvalue weighted by atomic mass is 10.0. The minimum atomic E-state index is -0.381. The number of benzene rings is 1. The van der Waals surface area contributed by atoms with Crippen LogP contribution in [0.3, 0.4) is 0 Å². The molecule has 0 aliphatic heterocycles. The SMILES string of the molecule is CN(Cc1ccc(F)cc1C(N)=NO)C1CCCC1. The number of rotatable bonds is 4. The zero-order chi connectivity index (χ0) is 13.8. The molecule has 104 valence electrons. The third kappa shape index (κ3) is 3.23. The van der Waals surface area contributed by atoms with E-state index < -0.39 is 0 Å². The average Bonchev–Trinajstić information content (AvgIpc) is 2.94. The molecule has 0 atom stereocenters. The Bertz CT molecular complexity index is 470. The van der Waals surface area contributed by atoms with E-state index in [0.717, 1.165) is 5.56 Å². The van der Waals surface area contributed by atoms with E-state index in [1.165, 1.54) is 37.8 Å². The minimum Gasteiger partial charge on any atom is -0.409 e. The van der Waals surface area contributed by atoms with Crippen molar-refractivity contribution < 1.29 is 9.60 Å². The number of nitrogens with two attached hydrogens (primary N) is 1. The van der Waals surface area contributed by atoms with Gasteiger partial charge in [-0.25, -0.2) is 4.39 Å². The average molecular weight is 265 g/mol. The minimum absolute atomic E-state index is 0.0469. The molecule has 4 nitrogen and oxygen atoms in total. The van der Waals surface area contributed by atoms with Gasteiger partial charge in [-0.1, -0.05) is 24.1 Å². The summed E-state index contributed by atoms with van der Waals surface area (Å²) < 4.78 is 13.3. The molecule has 3 N–H and O–H groups in total. The third-order valence-electron chi connectivity index (χ3n) is 3.82. The standard InChI is InChI=1S/C14H20FN3O/c1-18(12-4-2-3-5-12)9-10-6-7-11(15)8-13(10)14(16)17-19/h6-8,12,19H,2-5,9H2,1H3,(H2,16,17). The number of amidine groups is 1. The van der Waals surface area contributed by atoms with Crippen LogP contribution in [0, 0.1) is 5.82 Å². The van der Waals surface area contributed by atoms with E-state index in [1.807, 2.05) is 0 Å². The quantitative estimate of drug-likeness (QED) is 0.380. The van der Waals surface area contributed by atoms with E-state index in [4.69, 9.17) is 10.9 Å². The van der Waals surface area contributed by atoms with Gasteiger partial charge < -0.3 is 10.9 Å². The van der Waals surface area contributed by atoms with Gasteiger partial charge in [0.25, 0.3) is 0 Å². The first kappa shape index (κ1) is 13.8. The lowest BCUT2D eigenvalue weighted by molar-refractivity contribution is 0.237. The van der Waals surface area contributed by atoms with Crippen LogP contribution in [0.15, 0.2) is 23.4 Å². The fourth-order valence-electron chi connectivity index (χ4n) is 2.72. The van der Waals surface area contributed by atoms with Crippen LogP contribution in [0.5, 0.6) is 0 Å². The van der Waals surface area contributed by atoms with Crippen LogP contribution in [0.4, 0.5) is 4.39 Å². The second-order valence-corrected chi connectivity index (χ2v) is 5.14. The maximum Gasteiger partial charge on any atom is 0.170 e. The molecule has 0 bridgehead atoms. The highest BCUT2D eigenvalue weighted by atomic mass is 19.1. The van der Waals surface area contributed by atoms with Crippen molar-refractivity contribution in [1.29, 1.82) is 0 Å². The molecule has 2 rings (SSSR count). The van der Waals surface area contributed by atoms with Crippen molar-refractivity contribution in [2.24, 2.45) is 10.9 Å². The van der Waals surface area contributed by atoms with Gasteiger partial charge in [0.2, 0.25) is 0 Å². The van der Waals surface area contributed by atoms with Crippen LogP contribution in [-0.4, -0.2) is 29.0 Å².